The topological polar surface area (TPSA) is 50.8 Å². The molecule has 0 bridgehead atoms. The Morgan fingerprint density at radius 3 is 3.00 bits per heavy atom. The molecule has 0 fully saturated rings. The number of ether oxygens (including phenoxy) is 1. The number of rotatable bonds is 3. The second-order valence-electron chi connectivity index (χ2n) is 2.72. The van der Waals surface area contributed by atoms with Crippen molar-refractivity contribution in [3.8, 4) is 6.07 Å². The SMILES string of the molecule is CC(C)OCn1cc(C#N)cn1. The highest BCUT2D eigenvalue weighted by atomic mass is 16.5. The number of nitriles is 1. The first-order valence-corrected chi connectivity index (χ1v) is 3.76. The smallest absolute Gasteiger partial charge is 0.139 e. The molecule has 0 spiro atoms. The molecule has 4 heteroatoms. The first kappa shape index (κ1) is 8.75. The molecule has 0 atom stereocenters. The lowest BCUT2D eigenvalue weighted by atomic mass is 10.4. The minimum absolute atomic E-state index is 0.180. The number of nitrogens with zero attached hydrogens (tertiary/aromatic N) is 3. The van der Waals surface area contributed by atoms with Crippen molar-refractivity contribution in [2.75, 3.05) is 0 Å². The molecule has 1 aromatic rings. The summed E-state index contributed by atoms with van der Waals surface area (Å²) < 4.78 is 6.87. The Balaban J connectivity index is 2.48. The molecule has 4 nitrogen and oxygen atoms in total. The van der Waals surface area contributed by atoms with Crippen molar-refractivity contribution in [3.63, 3.8) is 0 Å². The number of hydrogen-bond acceptors (Lipinski definition) is 3. The van der Waals surface area contributed by atoms with Crippen molar-refractivity contribution >= 4 is 0 Å². The van der Waals surface area contributed by atoms with Crippen LogP contribution in [0.2, 0.25) is 0 Å². The van der Waals surface area contributed by atoms with Crippen LogP contribution in [0.5, 0.6) is 0 Å². The molecule has 0 amide bonds. The van der Waals surface area contributed by atoms with E-state index in [0.29, 0.717) is 12.3 Å². The third kappa shape index (κ3) is 2.36. The molecule has 1 aromatic heterocycles. The maximum atomic E-state index is 8.48. The second kappa shape index (κ2) is 3.88. The molecule has 1 rings (SSSR count). The predicted molar refractivity (Wildman–Crippen MR) is 43.2 cm³/mol. The van der Waals surface area contributed by atoms with Gasteiger partial charge in [-0.25, -0.2) is 4.68 Å². The monoisotopic (exact) mass is 165 g/mol. The molecule has 0 radical (unpaired) electrons. The van der Waals surface area contributed by atoms with Crippen LogP contribution in [0.15, 0.2) is 12.4 Å². The maximum Gasteiger partial charge on any atom is 0.139 e. The van der Waals surface area contributed by atoms with Gasteiger partial charge in [-0.1, -0.05) is 0 Å². The highest BCUT2D eigenvalue weighted by Gasteiger charge is 1.97. The van der Waals surface area contributed by atoms with E-state index in [2.05, 4.69) is 5.10 Å². The minimum Gasteiger partial charge on any atom is -0.357 e. The van der Waals surface area contributed by atoms with Gasteiger partial charge in [0.1, 0.15) is 12.8 Å². The van der Waals surface area contributed by atoms with E-state index in [0.717, 1.165) is 0 Å². The molecular formula is C8H11N3O. The van der Waals surface area contributed by atoms with Crippen molar-refractivity contribution in [3.05, 3.63) is 18.0 Å². The lowest BCUT2D eigenvalue weighted by molar-refractivity contribution is 0.0220. The molecule has 12 heavy (non-hydrogen) atoms. The zero-order valence-corrected chi connectivity index (χ0v) is 7.19. The zero-order chi connectivity index (χ0) is 8.97. The Hall–Kier alpha value is -1.34. The van der Waals surface area contributed by atoms with Gasteiger partial charge in [-0.3, -0.25) is 0 Å². The van der Waals surface area contributed by atoms with Gasteiger partial charge in [0.15, 0.2) is 0 Å². The van der Waals surface area contributed by atoms with E-state index in [1.807, 2.05) is 19.9 Å². The summed E-state index contributed by atoms with van der Waals surface area (Å²) in [6, 6.07) is 2.00. The summed E-state index contributed by atoms with van der Waals surface area (Å²) in [6.45, 7) is 4.31. The fourth-order valence-corrected chi connectivity index (χ4v) is 0.717. The number of hydrogen-bond donors (Lipinski definition) is 0. The van der Waals surface area contributed by atoms with E-state index in [1.165, 1.54) is 6.20 Å². The third-order valence-corrected chi connectivity index (χ3v) is 1.30. The third-order valence-electron chi connectivity index (χ3n) is 1.30. The maximum absolute atomic E-state index is 8.48. The lowest BCUT2D eigenvalue weighted by Crippen LogP contribution is -2.08. The Kier molecular flexibility index (Phi) is 2.83. The molecule has 0 aliphatic heterocycles. The van der Waals surface area contributed by atoms with Crippen LogP contribution >= 0.6 is 0 Å². The van der Waals surface area contributed by atoms with E-state index >= 15 is 0 Å². The van der Waals surface area contributed by atoms with E-state index in [1.54, 1.807) is 10.9 Å². The van der Waals surface area contributed by atoms with Crippen molar-refractivity contribution in [2.45, 2.75) is 26.7 Å². The molecule has 0 unspecified atom stereocenters. The summed E-state index contributed by atoms with van der Waals surface area (Å²) in [4.78, 5) is 0. The molecule has 1 heterocycles. The van der Waals surface area contributed by atoms with Crippen LogP contribution in [0.3, 0.4) is 0 Å². The van der Waals surface area contributed by atoms with Crippen LogP contribution in [0, 0.1) is 11.3 Å². The van der Waals surface area contributed by atoms with E-state index < -0.39 is 0 Å². The van der Waals surface area contributed by atoms with Crippen molar-refractivity contribution < 1.29 is 4.74 Å². The van der Waals surface area contributed by atoms with Crippen LogP contribution in [0.25, 0.3) is 0 Å². The fourth-order valence-electron chi connectivity index (χ4n) is 0.717. The largest absolute Gasteiger partial charge is 0.357 e. The summed E-state index contributed by atoms with van der Waals surface area (Å²) in [6.07, 6.45) is 3.35. The molecule has 0 N–H and O–H groups in total. The summed E-state index contributed by atoms with van der Waals surface area (Å²) >= 11 is 0. The predicted octanol–water partition coefficient (Wildman–Crippen LogP) is 1.14. The van der Waals surface area contributed by atoms with Crippen molar-refractivity contribution in [1.29, 1.82) is 5.26 Å². The van der Waals surface area contributed by atoms with Gasteiger partial charge < -0.3 is 4.74 Å². The van der Waals surface area contributed by atoms with E-state index in [4.69, 9.17) is 10.00 Å². The molecule has 0 saturated carbocycles. The van der Waals surface area contributed by atoms with Crippen molar-refractivity contribution in [2.24, 2.45) is 0 Å². The molecular weight excluding hydrogens is 154 g/mol. The Morgan fingerprint density at radius 2 is 2.50 bits per heavy atom. The second-order valence-corrected chi connectivity index (χ2v) is 2.72. The van der Waals surface area contributed by atoms with Crippen LogP contribution in [0.1, 0.15) is 19.4 Å². The molecule has 64 valence electrons. The molecule has 0 aromatic carbocycles. The first-order chi connectivity index (χ1) is 5.72. The Bertz CT molecular complexity index is 285. The highest BCUT2D eigenvalue weighted by molar-refractivity contribution is 5.21. The van der Waals surface area contributed by atoms with Gasteiger partial charge in [0.05, 0.1) is 17.9 Å². The van der Waals surface area contributed by atoms with Gasteiger partial charge in [0, 0.05) is 6.20 Å². The lowest BCUT2D eigenvalue weighted by Gasteiger charge is -2.06. The van der Waals surface area contributed by atoms with Crippen LogP contribution in [-0.4, -0.2) is 15.9 Å². The summed E-state index contributed by atoms with van der Waals surface area (Å²) in [5, 5.41) is 12.4. The Morgan fingerprint density at radius 1 is 1.75 bits per heavy atom. The molecule has 0 aliphatic rings. The van der Waals surface area contributed by atoms with Gasteiger partial charge in [0.25, 0.3) is 0 Å². The van der Waals surface area contributed by atoms with Crippen LogP contribution in [0.4, 0.5) is 0 Å². The standard InChI is InChI=1S/C8H11N3O/c1-7(2)12-6-11-5-8(3-9)4-10-11/h4-5,7H,6H2,1-2H3. The quantitative estimate of drug-likeness (QED) is 0.674. The average molecular weight is 165 g/mol. The molecule has 0 aliphatic carbocycles. The summed E-state index contributed by atoms with van der Waals surface area (Å²) in [7, 11) is 0. The van der Waals surface area contributed by atoms with E-state index in [-0.39, 0.29) is 6.10 Å². The van der Waals surface area contributed by atoms with Crippen LogP contribution < -0.4 is 0 Å². The normalized spacial score (nSPS) is 10.2. The summed E-state index contributed by atoms with van der Waals surface area (Å²) in [5.41, 5.74) is 0.558. The molecule has 0 saturated heterocycles. The minimum atomic E-state index is 0.180. The Labute approximate surface area is 71.4 Å². The van der Waals surface area contributed by atoms with Crippen LogP contribution in [-0.2, 0) is 11.5 Å². The first-order valence-electron chi connectivity index (χ1n) is 3.76. The van der Waals surface area contributed by atoms with Gasteiger partial charge in [-0.05, 0) is 13.8 Å². The zero-order valence-electron chi connectivity index (χ0n) is 7.19. The van der Waals surface area contributed by atoms with E-state index in [9.17, 15) is 0 Å². The van der Waals surface area contributed by atoms with Gasteiger partial charge in [-0.2, -0.15) is 10.4 Å². The summed E-state index contributed by atoms with van der Waals surface area (Å²) in [5.74, 6) is 0. The average Bonchev–Trinajstić information content (AvgIpc) is 2.48. The van der Waals surface area contributed by atoms with Gasteiger partial charge in [0.2, 0.25) is 0 Å². The van der Waals surface area contributed by atoms with Crippen molar-refractivity contribution in [1.82, 2.24) is 9.78 Å². The number of aromatic nitrogens is 2. The van der Waals surface area contributed by atoms with Gasteiger partial charge in [-0.15, -0.1) is 0 Å². The fraction of sp³-hybridized carbons (Fsp3) is 0.500. The highest BCUT2D eigenvalue weighted by Crippen LogP contribution is 1.96. The van der Waals surface area contributed by atoms with Gasteiger partial charge >= 0.3 is 0 Å².